The summed E-state index contributed by atoms with van der Waals surface area (Å²) in [5, 5.41) is 14.4. The summed E-state index contributed by atoms with van der Waals surface area (Å²) in [4.78, 5) is 27.8. The average molecular weight is 572 g/mol. The van der Waals surface area contributed by atoms with Crippen molar-refractivity contribution < 1.29 is 27.9 Å². The average Bonchev–Trinajstić information content (AvgIpc) is 3.47. The van der Waals surface area contributed by atoms with E-state index >= 15 is 0 Å². The standard InChI is InChI=1S/C28H33N3O6S2/c1-19-16-31(20(2)18-32)28(34)23-15-22(29-26(33)14-21-8-5-4-6-9-21)11-12-24(23)37-25(19)17-30(3)39(35,36)27-10-7-13-38-27/h4-13,15,19-20,25,32H,14,16-18H2,1-3H3,(H,29,33)/t19-,20-,25-/m0/s1. The Labute approximate surface area is 233 Å². The largest absolute Gasteiger partial charge is 0.488 e. The van der Waals surface area contributed by atoms with Crippen LogP contribution in [0.15, 0.2) is 70.3 Å². The lowest BCUT2D eigenvalue weighted by Gasteiger charge is -2.38. The first-order chi connectivity index (χ1) is 18.6. The van der Waals surface area contributed by atoms with Crippen LogP contribution in [0.1, 0.15) is 29.8 Å². The van der Waals surface area contributed by atoms with E-state index < -0.39 is 22.2 Å². The Hall–Kier alpha value is -3.25. The Morgan fingerprint density at radius 2 is 1.95 bits per heavy atom. The predicted molar refractivity (Wildman–Crippen MR) is 151 cm³/mol. The van der Waals surface area contributed by atoms with E-state index in [1.165, 1.54) is 11.4 Å². The number of likely N-dealkylation sites (N-methyl/N-ethyl adjacent to an activating group) is 1. The van der Waals surface area contributed by atoms with Gasteiger partial charge in [0.1, 0.15) is 16.1 Å². The fourth-order valence-corrected chi connectivity index (χ4v) is 6.80. The second kappa shape index (κ2) is 12.3. The lowest BCUT2D eigenvalue weighted by Crippen LogP contribution is -2.50. The molecule has 2 amide bonds. The van der Waals surface area contributed by atoms with Crippen LogP contribution in [0.25, 0.3) is 0 Å². The highest BCUT2D eigenvalue weighted by Gasteiger charge is 2.35. The third kappa shape index (κ3) is 6.67. The van der Waals surface area contributed by atoms with Crippen LogP contribution in [0.4, 0.5) is 5.69 Å². The van der Waals surface area contributed by atoms with E-state index in [0.29, 0.717) is 5.69 Å². The first-order valence-corrected chi connectivity index (χ1v) is 15.0. The van der Waals surface area contributed by atoms with Gasteiger partial charge in [-0.25, -0.2) is 8.42 Å². The Morgan fingerprint density at radius 1 is 1.21 bits per heavy atom. The summed E-state index contributed by atoms with van der Waals surface area (Å²) in [5.74, 6) is -0.527. The van der Waals surface area contributed by atoms with Crippen molar-refractivity contribution in [1.29, 1.82) is 0 Å². The van der Waals surface area contributed by atoms with Gasteiger partial charge < -0.3 is 20.1 Å². The van der Waals surface area contributed by atoms with Crippen molar-refractivity contribution in [2.45, 2.75) is 36.6 Å². The van der Waals surface area contributed by atoms with Crippen LogP contribution in [-0.2, 0) is 21.2 Å². The zero-order valence-corrected chi connectivity index (χ0v) is 23.7. The summed E-state index contributed by atoms with van der Waals surface area (Å²) in [6.45, 7) is 3.72. The summed E-state index contributed by atoms with van der Waals surface area (Å²) >= 11 is 1.15. The van der Waals surface area contributed by atoms with E-state index in [2.05, 4.69) is 5.32 Å². The van der Waals surface area contributed by atoms with E-state index in [1.54, 1.807) is 47.5 Å². The number of anilines is 1. The number of hydrogen-bond acceptors (Lipinski definition) is 7. The molecule has 0 radical (unpaired) electrons. The molecule has 0 saturated heterocycles. The van der Waals surface area contributed by atoms with Gasteiger partial charge in [-0.1, -0.05) is 43.3 Å². The molecule has 0 spiro atoms. The maximum absolute atomic E-state index is 13.6. The van der Waals surface area contributed by atoms with Crippen LogP contribution in [0.5, 0.6) is 5.75 Å². The van der Waals surface area contributed by atoms with E-state index in [0.717, 1.165) is 16.9 Å². The molecule has 1 aliphatic rings. The van der Waals surface area contributed by atoms with Crippen molar-refractivity contribution in [2.24, 2.45) is 5.92 Å². The van der Waals surface area contributed by atoms with E-state index in [1.807, 2.05) is 37.3 Å². The molecule has 1 aromatic heterocycles. The summed E-state index contributed by atoms with van der Waals surface area (Å²) in [7, 11) is -2.20. The minimum absolute atomic E-state index is 0.0614. The minimum atomic E-state index is -3.70. The van der Waals surface area contributed by atoms with E-state index in [9.17, 15) is 23.1 Å². The number of nitrogens with zero attached hydrogens (tertiary/aromatic N) is 2. The molecule has 2 N–H and O–H groups in total. The third-order valence-corrected chi connectivity index (χ3v) is 9.95. The Bertz CT molecular complexity index is 1400. The van der Waals surface area contributed by atoms with Gasteiger partial charge in [0.05, 0.1) is 31.2 Å². The van der Waals surface area contributed by atoms with Crippen molar-refractivity contribution in [1.82, 2.24) is 9.21 Å². The highest BCUT2D eigenvalue weighted by atomic mass is 32.2. The molecule has 39 heavy (non-hydrogen) atoms. The Kier molecular flexibility index (Phi) is 9.06. The molecule has 9 nitrogen and oxygen atoms in total. The first kappa shape index (κ1) is 28.8. The van der Waals surface area contributed by atoms with Gasteiger partial charge in [-0.05, 0) is 42.1 Å². The van der Waals surface area contributed by atoms with Gasteiger partial charge in [-0.15, -0.1) is 11.3 Å². The molecule has 0 bridgehead atoms. The second-order valence-electron chi connectivity index (χ2n) is 9.76. The molecule has 208 valence electrons. The molecule has 0 unspecified atom stereocenters. The van der Waals surface area contributed by atoms with Gasteiger partial charge in [-0.3, -0.25) is 9.59 Å². The molecule has 4 rings (SSSR count). The van der Waals surface area contributed by atoms with Crippen LogP contribution in [0.2, 0.25) is 0 Å². The van der Waals surface area contributed by atoms with E-state index in [-0.39, 0.29) is 59.4 Å². The van der Waals surface area contributed by atoms with Crippen LogP contribution >= 0.6 is 11.3 Å². The van der Waals surface area contributed by atoms with Gasteiger partial charge in [0, 0.05) is 25.2 Å². The van der Waals surface area contributed by atoms with Crippen LogP contribution in [0.3, 0.4) is 0 Å². The quantitative estimate of drug-likeness (QED) is 0.406. The summed E-state index contributed by atoms with van der Waals surface area (Å²) < 4.78 is 33.9. The van der Waals surface area contributed by atoms with Gasteiger partial charge >= 0.3 is 0 Å². The van der Waals surface area contributed by atoms with Crippen molar-refractivity contribution in [3.63, 3.8) is 0 Å². The highest BCUT2D eigenvalue weighted by molar-refractivity contribution is 7.91. The molecule has 3 aromatic rings. The number of aliphatic hydroxyl groups is 1. The van der Waals surface area contributed by atoms with E-state index in [4.69, 9.17) is 4.74 Å². The topological polar surface area (TPSA) is 116 Å². The van der Waals surface area contributed by atoms with Crippen LogP contribution < -0.4 is 10.1 Å². The maximum Gasteiger partial charge on any atom is 0.258 e. The number of ether oxygens (including phenoxy) is 1. The maximum atomic E-state index is 13.6. The number of hydrogen-bond donors (Lipinski definition) is 2. The smallest absolute Gasteiger partial charge is 0.258 e. The summed E-state index contributed by atoms with van der Waals surface area (Å²) in [5.41, 5.74) is 1.53. The number of carbonyl (C=O) groups is 2. The molecule has 0 aliphatic carbocycles. The molecule has 1 aliphatic heterocycles. The number of amides is 2. The van der Waals surface area contributed by atoms with Gasteiger partial charge in [0.25, 0.3) is 15.9 Å². The molecule has 2 heterocycles. The van der Waals surface area contributed by atoms with Crippen LogP contribution in [0, 0.1) is 5.92 Å². The molecular formula is C28H33N3O6S2. The zero-order chi connectivity index (χ0) is 28.2. The number of benzene rings is 2. The molecule has 0 fully saturated rings. The predicted octanol–water partition coefficient (Wildman–Crippen LogP) is 3.47. The minimum Gasteiger partial charge on any atom is -0.488 e. The lowest BCUT2D eigenvalue weighted by atomic mass is 9.99. The number of nitrogens with one attached hydrogen (secondary N) is 1. The van der Waals surface area contributed by atoms with Gasteiger partial charge in [0.15, 0.2) is 0 Å². The van der Waals surface area contributed by atoms with Crippen LogP contribution in [-0.4, -0.2) is 73.4 Å². The molecule has 11 heteroatoms. The molecule has 3 atom stereocenters. The van der Waals surface area contributed by atoms with Crippen molar-refractivity contribution in [2.75, 3.05) is 32.1 Å². The van der Waals surface area contributed by atoms with Crippen molar-refractivity contribution >= 4 is 38.9 Å². The normalized spacial score (nSPS) is 18.6. The first-order valence-electron chi connectivity index (χ1n) is 12.7. The number of aliphatic hydroxyl groups excluding tert-OH is 1. The monoisotopic (exact) mass is 571 g/mol. The number of carbonyl (C=O) groups excluding carboxylic acids is 2. The van der Waals surface area contributed by atoms with Gasteiger partial charge in [0.2, 0.25) is 5.91 Å². The van der Waals surface area contributed by atoms with Crippen molar-refractivity contribution in [3.05, 3.63) is 77.2 Å². The molecule has 0 saturated carbocycles. The number of thiophene rings is 1. The summed E-state index contributed by atoms with van der Waals surface area (Å²) in [6.07, 6.45) is -0.399. The highest BCUT2D eigenvalue weighted by Crippen LogP contribution is 2.31. The third-order valence-electron chi connectivity index (χ3n) is 6.75. The summed E-state index contributed by atoms with van der Waals surface area (Å²) in [6, 6.07) is 16.9. The number of rotatable bonds is 9. The van der Waals surface area contributed by atoms with Crippen molar-refractivity contribution in [3.8, 4) is 5.75 Å². The molecular weight excluding hydrogens is 538 g/mol. The fourth-order valence-electron chi connectivity index (χ4n) is 4.42. The number of fused-ring (bicyclic) bond motifs is 1. The fraction of sp³-hybridized carbons (Fsp3) is 0.357. The number of sulfonamides is 1. The lowest BCUT2D eigenvalue weighted by molar-refractivity contribution is -0.115. The Balaban J connectivity index is 1.61. The zero-order valence-electron chi connectivity index (χ0n) is 22.1. The Morgan fingerprint density at radius 3 is 2.62 bits per heavy atom. The molecule has 2 aromatic carbocycles. The second-order valence-corrected chi connectivity index (χ2v) is 13.0. The van der Waals surface area contributed by atoms with Gasteiger partial charge in [-0.2, -0.15) is 4.31 Å². The SMILES string of the molecule is C[C@H]1CN([C@@H](C)CO)C(=O)c2cc(NC(=O)Cc3ccccc3)ccc2O[C@H]1CN(C)S(=O)(=O)c1cccs1.